The summed E-state index contributed by atoms with van der Waals surface area (Å²) >= 11 is 0. The molecule has 0 heterocycles. The van der Waals surface area contributed by atoms with E-state index in [0.29, 0.717) is 19.1 Å². The molecule has 0 aliphatic carbocycles. The summed E-state index contributed by atoms with van der Waals surface area (Å²) in [6.45, 7) is 12.7. The third kappa shape index (κ3) is 7.19. The van der Waals surface area contributed by atoms with Crippen molar-refractivity contribution in [3.8, 4) is 0 Å². The molecular formula is C11H26N2O2S. The van der Waals surface area contributed by atoms with Crippen molar-refractivity contribution in [2.75, 3.05) is 13.1 Å². The maximum absolute atomic E-state index is 11.8. The van der Waals surface area contributed by atoms with Crippen LogP contribution < -0.4 is 10.0 Å². The van der Waals surface area contributed by atoms with Crippen molar-refractivity contribution >= 4 is 10.0 Å². The van der Waals surface area contributed by atoms with Crippen molar-refractivity contribution in [2.24, 2.45) is 5.41 Å². The Labute approximate surface area is 100 Å². The molecule has 5 heteroatoms. The van der Waals surface area contributed by atoms with Crippen molar-refractivity contribution in [3.63, 3.8) is 0 Å². The maximum atomic E-state index is 11.8. The van der Waals surface area contributed by atoms with Crippen LogP contribution in [0.5, 0.6) is 0 Å². The molecule has 2 N–H and O–H groups in total. The van der Waals surface area contributed by atoms with Crippen LogP contribution in [-0.2, 0) is 10.0 Å². The van der Waals surface area contributed by atoms with Gasteiger partial charge in [-0.2, -0.15) is 0 Å². The van der Waals surface area contributed by atoms with E-state index in [1.54, 1.807) is 6.92 Å². The van der Waals surface area contributed by atoms with Crippen LogP contribution >= 0.6 is 0 Å². The van der Waals surface area contributed by atoms with Gasteiger partial charge in [0.25, 0.3) is 0 Å². The Morgan fingerprint density at radius 2 is 1.62 bits per heavy atom. The van der Waals surface area contributed by atoms with Crippen LogP contribution in [0.2, 0.25) is 0 Å². The van der Waals surface area contributed by atoms with Crippen molar-refractivity contribution in [1.82, 2.24) is 10.0 Å². The molecule has 0 aromatic heterocycles. The standard InChI is InChI=1S/C11H26N2O2S/c1-9(2)12-7-10(3)16(14,15)13-8-11(4,5)6/h9-10,12-13H,7-8H2,1-6H3. The Morgan fingerprint density at radius 3 is 2.00 bits per heavy atom. The lowest BCUT2D eigenvalue weighted by Crippen LogP contribution is -2.43. The topological polar surface area (TPSA) is 58.2 Å². The first-order chi connectivity index (χ1) is 7.04. The molecule has 0 fully saturated rings. The van der Waals surface area contributed by atoms with E-state index >= 15 is 0 Å². The molecule has 0 saturated heterocycles. The first-order valence-corrected chi connectivity index (χ1v) is 7.31. The molecule has 0 aliphatic heterocycles. The molecule has 0 aromatic carbocycles. The maximum Gasteiger partial charge on any atom is 0.215 e. The lowest BCUT2D eigenvalue weighted by Gasteiger charge is -2.21. The Hall–Kier alpha value is -0.130. The molecule has 0 bridgehead atoms. The van der Waals surface area contributed by atoms with Crippen LogP contribution in [0.3, 0.4) is 0 Å². The molecule has 0 aliphatic rings. The zero-order valence-electron chi connectivity index (χ0n) is 11.3. The van der Waals surface area contributed by atoms with Gasteiger partial charge in [-0.05, 0) is 12.3 Å². The predicted molar refractivity (Wildman–Crippen MR) is 69.0 cm³/mol. The van der Waals surface area contributed by atoms with Gasteiger partial charge in [0.2, 0.25) is 10.0 Å². The summed E-state index contributed by atoms with van der Waals surface area (Å²) < 4.78 is 26.3. The normalized spacial score (nSPS) is 15.4. The van der Waals surface area contributed by atoms with Gasteiger partial charge in [-0.3, -0.25) is 0 Å². The largest absolute Gasteiger partial charge is 0.313 e. The number of hydrogen-bond acceptors (Lipinski definition) is 3. The molecule has 0 saturated carbocycles. The monoisotopic (exact) mass is 250 g/mol. The lowest BCUT2D eigenvalue weighted by molar-refractivity contribution is 0.406. The molecule has 1 atom stereocenters. The van der Waals surface area contributed by atoms with Crippen LogP contribution in [0.1, 0.15) is 41.5 Å². The van der Waals surface area contributed by atoms with Crippen LogP contribution in [0.4, 0.5) is 0 Å². The summed E-state index contributed by atoms with van der Waals surface area (Å²) in [5, 5.41) is 2.72. The fraction of sp³-hybridized carbons (Fsp3) is 1.00. The predicted octanol–water partition coefficient (Wildman–Crippen LogP) is 1.34. The van der Waals surface area contributed by atoms with Gasteiger partial charge in [0.05, 0.1) is 5.25 Å². The van der Waals surface area contributed by atoms with Gasteiger partial charge in [0.1, 0.15) is 0 Å². The molecule has 0 aromatic rings. The highest BCUT2D eigenvalue weighted by Gasteiger charge is 2.22. The summed E-state index contributed by atoms with van der Waals surface area (Å²) in [6.07, 6.45) is 0. The second-order valence-corrected chi connectivity index (χ2v) is 7.98. The summed E-state index contributed by atoms with van der Waals surface area (Å²) in [5.74, 6) is 0. The number of sulfonamides is 1. The minimum atomic E-state index is -3.20. The van der Waals surface area contributed by atoms with E-state index in [0.717, 1.165) is 0 Å². The van der Waals surface area contributed by atoms with Crippen LogP contribution in [0, 0.1) is 5.41 Å². The lowest BCUT2D eigenvalue weighted by atomic mass is 9.98. The van der Waals surface area contributed by atoms with E-state index in [9.17, 15) is 8.42 Å². The summed E-state index contributed by atoms with van der Waals surface area (Å²) in [4.78, 5) is 0. The Morgan fingerprint density at radius 1 is 1.12 bits per heavy atom. The summed E-state index contributed by atoms with van der Waals surface area (Å²) in [5.41, 5.74) is -0.0295. The molecular weight excluding hydrogens is 224 g/mol. The highest BCUT2D eigenvalue weighted by atomic mass is 32.2. The van der Waals surface area contributed by atoms with E-state index in [1.165, 1.54) is 0 Å². The summed E-state index contributed by atoms with van der Waals surface area (Å²) in [7, 11) is -3.20. The first-order valence-electron chi connectivity index (χ1n) is 5.76. The van der Waals surface area contributed by atoms with Gasteiger partial charge in [-0.15, -0.1) is 0 Å². The van der Waals surface area contributed by atoms with E-state index in [4.69, 9.17) is 0 Å². The molecule has 0 spiro atoms. The van der Waals surface area contributed by atoms with Gasteiger partial charge in [0, 0.05) is 19.1 Å². The van der Waals surface area contributed by atoms with E-state index in [-0.39, 0.29) is 5.41 Å². The van der Waals surface area contributed by atoms with Crippen molar-refractivity contribution in [1.29, 1.82) is 0 Å². The van der Waals surface area contributed by atoms with Gasteiger partial charge >= 0.3 is 0 Å². The molecule has 0 rings (SSSR count). The molecule has 0 radical (unpaired) electrons. The molecule has 1 unspecified atom stereocenters. The molecule has 16 heavy (non-hydrogen) atoms. The van der Waals surface area contributed by atoms with Crippen LogP contribution in [0.15, 0.2) is 0 Å². The van der Waals surface area contributed by atoms with Crippen molar-refractivity contribution in [3.05, 3.63) is 0 Å². The average Bonchev–Trinajstić information content (AvgIpc) is 2.10. The zero-order chi connectivity index (χ0) is 13.0. The Kier molecular flexibility index (Phi) is 5.93. The molecule has 0 amide bonds. The van der Waals surface area contributed by atoms with Crippen LogP contribution in [0.25, 0.3) is 0 Å². The number of nitrogens with one attached hydrogen (secondary N) is 2. The second kappa shape index (κ2) is 5.98. The fourth-order valence-corrected chi connectivity index (χ4v) is 2.21. The summed E-state index contributed by atoms with van der Waals surface area (Å²) in [6, 6.07) is 0.306. The minimum Gasteiger partial charge on any atom is -0.313 e. The third-order valence-corrected chi connectivity index (χ3v) is 3.92. The van der Waals surface area contributed by atoms with E-state index in [1.807, 2.05) is 34.6 Å². The van der Waals surface area contributed by atoms with Crippen LogP contribution in [-0.4, -0.2) is 32.8 Å². The SMILES string of the molecule is CC(C)NCC(C)S(=O)(=O)NCC(C)(C)C. The van der Waals surface area contributed by atoms with E-state index in [2.05, 4.69) is 10.0 Å². The molecule has 98 valence electrons. The first kappa shape index (κ1) is 15.9. The quantitative estimate of drug-likeness (QED) is 0.748. The van der Waals surface area contributed by atoms with Gasteiger partial charge in [0.15, 0.2) is 0 Å². The highest BCUT2D eigenvalue weighted by Crippen LogP contribution is 2.11. The van der Waals surface area contributed by atoms with Crippen molar-refractivity contribution < 1.29 is 8.42 Å². The smallest absolute Gasteiger partial charge is 0.215 e. The fourth-order valence-electron chi connectivity index (χ4n) is 0.971. The Balaban J connectivity index is 4.22. The van der Waals surface area contributed by atoms with Gasteiger partial charge in [-0.25, -0.2) is 13.1 Å². The van der Waals surface area contributed by atoms with Crippen molar-refractivity contribution in [2.45, 2.75) is 52.8 Å². The van der Waals surface area contributed by atoms with E-state index < -0.39 is 15.3 Å². The number of rotatable bonds is 6. The second-order valence-electron chi connectivity index (χ2n) is 5.80. The average molecular weight is 250 g/mol. The Bertz CT molecular complexity index is 292. The molecule has 4 nitrogen and oxygen atoms in total. The number of hydrogen-bond donors (Lipinski definition) is 2. The highest BCUT2D eigenvalue weighted by molar-refractivity contribution is 7.90. The van der Waals surface area contributed by atoms with Gasteiger partial charge < -0.3 is 5.32 Å². The van der Waals surface area contributed by atoms with Gasteiger partial charge in [-0.1, -0.05) is 34.6 Å². The minimum absolute atomic E-state index is 0.0295. The zero-order valence-corrected chi connectivity index (χ0v) is 12.1. The third-order valence-electron chi connectivity index (χ3n) is 2.15.